The SMILES string of the molecule is CCc1cc(=O)oc2cc(OCC(=O)C(C#N)=C3N(C)c4ccccc4N3C)ccc12. The molecule has 4 rings (SSSR count). The number of Topliss-reactive ketones (excluding diaryl/α,β-unsaturated/α-hetero) is 1. The van der Waals surface area contributed by atoms with Crippen LogP contribution in [0.5, 0.6) is 5.75 Å². The largest absolute Gasteiger partial charge is 0.485 e. The average Bonchev–Trinajstić information content (AvgIpc) is 3.03. The number of anilines is 2. The molecular formula is C24H21N3O4. The number of ether oxygens (including phenoxy) is 1. The summed E-state index contributed by atoms with van der Waals surface area (Å²) in [6.45, 7) is 1.65. The second kappa shape index (κ2) is 8.00. The Kier molecular flexibility index (Phi) is 5.22. The summed E-state index contributed by atoms with van der Waals surface area (Å²) in [6.07, 6.45) is 0.698. The van der Waals surface area contributed by atoms with E-state index in [4.69, 9.17) is 9.15 Å². The van der Waals surface area contributed by atoms with Gasteiger partial charge in [-0.25, -0.2) is 4.79 Å². The van der Waals surface area contributed by atoms with Gasteiger partial charge in [-0.15, -0.1) is 0 Å². The minimum atomic E-state index is -0.437. The molecule has 0 saturated heterocycles. The van der Waals surface area contributed by atoms with Crippen LogP contribution in [-0.2, 0) is 11.2 Å². The summed E-state index contributed by atoms with van der Waals surface area (Å²) >= 11 is 0. The first-order chi connectivity index (χ1) is 14.9. The van der Waals surface area contributed by atoms with Gasteiger partial charge in [-0.2, -0.15) is 5.26 Å². The van der Waals surface area contributed by atoms with Crippen molar-refractivity contribution in [3.05, 3.63) is 75.9 Å². The minimum absolute atomic E-state index is 0.0155. The minimum Gasteiger partial charge on any atom is -0.485 e. The molecule has 1 aliphatic rings. The van der Waals surface area contributed by atoms with Crippen LogP contribution in [0.1, 0.15) is 12.5 Å². The van der Waals surface area contributed by atoms with Crippen molar-refractivity contribution in [2.75, 3.05) is 30.5 Å². The van der Waals surface area contributed by atoms with Crippen molar-refractivity contribution in [3.8, 4) is 11.8 Å². The van der Waals surface area contributed by atoms with Gasteiger partial charge in [0.1, 0.15) is 28.8 Å². The topological polar surface area (TPSA) is 86.8 Å². The fourth-order valence-corrected chi connectivity index (χ4v) is 3.87. The van der Waals surface area contributed by atoms with Gasteiger partial charge in [0.2, 0.25) is 5.78 Å². The second-order valence-corrected chi connectivity index (χ2v) is 7.23. The number of carbonyl (C=O) groups excluding carboxylic acids is 1. The third-order valence-corrected chi connectivity index (χ3v) is 5.41. The second-order valence-electron chi connectivity index (χ2n) is 7.23. The van der Waals surface area contributed by atoms with E-state index < -0.39 is 11.4 Å². The van der Waals surface area contributed by atoms with Crippen molar-refractivity contribution in [1.29, 1.82) is 5.26 Å². The van der Waals surface area contributed by atoms with E-state index >= 15 is 0 Å². The Morgan fingerprint density at radius 3 is 2.39 bits per heavy atom. The number of nitrogens with zero attached hydrogens (tertiary/aromatic N) is 3. The summed E-state index contributed by atoms with van der Waals surface area (Å²) in [7, 11) is 3.64. The van der Waals surface area contributed by atoms with Crippen molar-refractivity contribution in [3.63, 3.8) is 0 Å². The first-order valence-corrected chi connectivity index (χ1v) is 9.88. The third kappa shape index (κ3) is 3.53. The van der Waals surface area contributed by atoms with E-state index in [1.54, 1.807) is 18.2 Å². The fraction of sp³-hybridized carbons (Fsp3) is 0.208. The van der Waals surface area contributed by atoms with Crippen LogP contribution >= 0.6 is 0 Å². The quantitative estimate of drug-likeness (QED) is 0.357. The van der Waals surface area contributed by atoms with Crippen LogP contribution < -0.4 is 20.2 Å². The van der Waals surface area contributed by atoms with Gasteiger partial charge in [-0.1, -0.05) is 19.1 Å². The molecule has 2 aromatic carbocycles. The van der Waals surface area contributed by atoms with Gasteiger partial charge in [0, 0.05) is 31.6 Å². The summed E-state index contributed by atoms with van der Waals surface area (Å²) in [6, 6.07) is 16.3. The number of hydrogen-bond acceptors (Lipinski definition) is 7. The maximum Gasteiger partial charge on any atom is 0.336 e. The van der Waals surface area contributed by atoms with Crippen LogP contribution in [-0.4, -0.2) is 26.5 Å². The molecule has 31 heavy (non-hydrogen) atoms. The van der Waals surface area contributed by atoms with E-state index in [2.05, 4.69) is 0 Å². The lowest BCUT2D eigenvalue weighted by molar-refractivity contribution is -0.117. The normalized spacial score (nSPS) is 12.6. The molecule has 0 fully saturated rings. The highest BCUT2D eigenvalue weighted by Crippen LogP contribution is 2.40. The summed E-state index contributed by atoms with van der Waals surface area (Å²) in [5.41, 5.74) is 2.70. The molecule has 0 amide bonds. The molecule has 0 radical (unpaired) electrons. The van der Waals surface area contributed by atoms with E-state index in [0.29, 0.717) is 23.6 Å². The Bertz CT molecular complexity index is 1290. The van der Waals surface area contributed by atoms with Crippen LogP contribution in [0.2, 0.25) is 0 Å². The number of hydrogen-bond donors (Lipinski definition) is 0. The zero-order valence-electron chi connectivity index (χ0n) is 17.5. The molecule has 0 spiro atoms. The van der Waals surface area contributed by atoms with Crippen LogP contribution in [0.25, 0.3) is 11.0 Å². The van der Waals surface area contributed by atoms with Gasteiger partial charge in [0.05, 0.1) is 11.4 Å². The van der Waals surface area contributed by atoms with Gasteiger partial charge < -0.3 is 19.0 Å². The maximum atomic E-state index is 12.9. The molecule has 0 bridgehead atoms. The molecule has 0 N–H and O–H groups in total. The smallest absolute Gasteiger partial charge is 0.336 e. The molecule has 7 heteroatoms. The number of rotatable bonds is 5. The summed E-state index contributed by atoms with van der Waals surface area (Å²) in [5.74, 6) is 0.457. The van der Waals surface area contributed by atoms with E-state index in [-0.39, 0.29) is 12.2 Å². The predicted octanol–water partition coefficient (Wildman–Crippen LogP) is 3.62. The number of benzene rings is 2. The van der Waals surface area contributed by atoms with Crippen molar-refractivity contribution in [1.82, 2.24) is 0 Å². The number of ketones is 1. The fourth-order valence-electron chi connectivity index (χ4n) is 3.87. The molecule has 3 aromatic rings. The Morgan fingerprint density at radius 2 is 1.77 bits per heavy atom. The lowest BCUT2D eigenvalue weighted by atomic mass is 10.1. The number of fused-ring (bicyclic) bond motifs is 2. The zero-order valence-corrected chi connectivity index (χ0v) is 17.5. The van der Waals surface area contributed by atoms with E-state index in [9.17, 15) is 14.9 Å². The zero-order chi connectivity index (χ0) is 22.1. The van der Waals surface area contributed by atoms with Gasteiger partial charge in [0.15, 0.2) is 6.61 Å². The van der Waals surface area contributed by atoms with Crippen molar-refractivity contribution in [2.45, 2.75) is 13.3 Å². The Hall–Kier alpha value is -4.05. The van der Waals surface area contributed by atoms with Gasteiger partial charge in [-0.05, 0) is 36.2 Å². The first kappa shape index (κ1) is 20.2. The van der Waals surface area contributed by atoms with Crippen LogP contribution in [0.3, 0.4) is 0 Å². The summed E-state index contributed by atoms with van der Waals surface area (Å²) in [5, 5.41) is 10.5. The van der Waals surface area contributed by atoms with E-state index in [0.717, 1.165) is 22.3 Å². The lowest BCUT2D eigenvalue weighted by Crippen LogP contribution is -2.27. The molecule has 0 aliphatic carbocycles. The molecule has 1 aliphatic heterocycles. The van der Waals surface area contributed by atoms with Gasteiger partial charge in [-0.3, -0.25) is 4.79 Å². The molecule has 0 saturated carbocycles. The van der Waals surface area contributed by atoms with Crippen molar-refractivity contribution >= 4 is 28.1 Å². The Morgan fingerprint density at radius 1 is 1.10 bits per heavy atom. The number of para-hydroxylation sites is 2. The van der Waals surface area contributed by atoms with Crippen LogP contribution in [0.4, 0.5) is 11.4 Å². The third-order valence-electron chi connectivity index (χ3n) is 5.41. The molecule has 0 atom stereocenters. The van der Waals surface area contributed by atoms with E-state index in [1.807, 2.05) is 61.2 Å². The van der Waals surface area contributed by atoms with Gasteiger partial charge >= 0.3 is 5.63 Å². The molecule has 0 unspecified atom stereocenters. The monoisotopic (exact) mass is 415 g/mol. The number of nitriles is 1. The highest BCUT2D eigenvalue weighted by Gasteiger charge is 2.31. The van der Waals surface area contributed by atoms with E-state index in [1.165, 1.54) is 6.07 Å². The molecule has 156 valence electrons. The standard InChI is InChI=1S/C24H21N3O4/c1-4-15-11-23(29)31-22-12-16(9-10-17(15)22)30-14-21(28)18(13-25)24-26(2)19-7-5-6-8-20(19)27(24)3/h5-12H,4,14H2,1-3H3. The molecule has 2 heterocycles. The Balaban J connectivity index is 1.59. The summed E-state index contributed by atoms with van der Waals surface area (Å²) in [4.78, 5) is 28.3. The highest BCUT2D eigenvalue weighted by atomic mass is 16.5. The van der Waals surface area contributed by atoms with Crippen LogP contribution in [0.15, 0.2) is 69.1 Å². The number of aryl methyl sites for hydroxylation is 1. The van der Waals surface area contributed by atoms with Crippen LogP contribution in [0, 0.1) is 11.3 Å². The van der Waals surface area contributed by atoms with Gasteiger partial charge in [0.25, 0.3) is 0 Å². The number of carbonyl (C=O) groups is 1. The Labute approximate surface area is 179 Å². The molecule has 1 aromatic heterocycles. The molecule has 7 nitrogen and oxygen atoms in total. The lowest BCUT2D eigenvalue weighted by Gasteiger charge is -2.20. The van der Waals surface area contributed by atoms with Crippen molar-refractivity contribution in [2.24, 2.45) is 0 Å². The van der Waals surface area contributed by atoms with Crippen molar-refractivity contribution < 1.29 is 13.9 Å². The first-order valence-electron chi connectivity index (χ1n) is 9.88. The molecular weight excluding hydrogens is 394 g/mol. The highest BCUT2D eigenvalue weighted by molar-refractivity contribution is 6.03. The predicted molar refractivity (Wildman–Crippen MR) is 118 cm³/mol. The summed E-state index contributed by atoms with van der Waals surface area (Å²) < 4.78 is 10.9. The average molecular weight is 415 g/mol. The maximum absolute atomic E-state index is 12.9.